The summed E-state index contributed by atoms with van der Waals surface area (Å²) in [5.74, 6) is -0.343. The Morgan fingerprint density at radius 2 is 1.89 bits per heavy atom. The summed E-state index contributed by atoms with van der Waals surface area (Å²) in [6.07, 6.45) is 0.876. The minimum Gasteiger partial charge on any atom is -0.399 e. The van der Waals surface area contributed by atoms with Crippen molar-refractivity contribution in [3.63, 3.8) is 0 Å². The molecule has 0 aliphatic heterocycles. The molecule has 0 aliphatic rings. The molecule has 5 heteroatoms. The molecule has 1 aromatic carbocycles. The number of nitrogens with zero attached hydrogens (tertiary/aromatic N) is 1. The van der Waals surface area contributed by atoms with Crippen LogP contribution in [0.5, 0.6) is 0 Å². The zero-order valence-electron chi connectivity index (χ0n) is 10.8. The number of carbonyl (C=O) groups is 2. The van der Waals surface area contributed by atoms with E-state index in [9.17, 15) is 9.59 Å². The summed E-state index contributed by atoms with van der Waals surface area (Å²) in [6.45, 7) is 2.66. The van der Waals surface area contributed by atoms with E-state index in [4.69, 9.17) is 5.73 Å². The van der Waals surface area contributed by atoms with Crippen LogP contribution in [0, 0.1) is 0 Å². The quantitative estimate of drug-likeness (QED) is 0.760. The normalized spacial score (nSPS) is 9.89. The second-order valence-electron chi connectivity index (χ2n) is 4.13. The first kappa shape index (κ1) is 14.0. The Hall–Kier alpha value is -2.04. The first-order valence-electron chi connectivity index (χ1n) is 5.92. The Morgan fingerprint density at radius 3 is 2.44 bits per heavy atom. The van der Waals surface area contributed by atoms with Crippen LogP contribution in [0.4, 0.5) is 5.69 Å². The number of nitrogens with two attached hydrogens (primary N) is 1. The molecule has 0 aromatic heterocycles. The van der Waals surface area contributed by atoms with E-state index in [2.05, 4.69) is 5.32 Å². The number of benzene rings is 1. The molecule has 0 spiro atoms. The van der Waals surface area contributed by atoms with Crippen LogP contribution in [0.1, 0.15) is 23.7 Å². The largest absolute Gasteiger partial charge is 0.399 e. The molecule has 0 aliphatic carbocycles. The number of carbonyl (C=O) groups excluding carboxylic acids is 2. The fourth-order valence-corrected chi connectivity index (χ4v) is 1.45. The first-order chi connectivity index (χ1) is 8.54. The van der Waals surface area contributed by atoms with Gasteiger partial charge in [0, 0.05) is 24.8 Å². The molecule has 18 heavy (non-hydrogen) atoms. The molecule has 0 radical (unpaired) electrons. The van der Waals surface area contributed by atoms with Crippen molar-refractivity contribution >= 4 is 17.5 Å². The molecule has 0 fully saturated rings. The van der Waals surface area contributed by atoms with Gasteiger partial charge in [0.2, 0.25) is 5.91 Å². The zero-order valence-corrected chi connectivity index (χ0v) is 10.8. The van der Waals surface area contributed by atoms with Crippen LogP contribution < -0.4 is 11.1 Å². The highest BCUT2D eigenvalue weighted by Crippen LogP contribution is 2.07. The van der Waals surface area contributed by atoms with Gasteiger partial charge in [-0.3, -0.25) is 9.59 Å². The average Bonchev–Trinajstić information content (AvgIpc) is 2.36. The van der Waals surface area contributed by atoms with Gasteiger partial charge in [-0.25, -0.2) is 0 Å². The Kier molecular flexibility index (Phi) is 5.17. The standard InChI is InChI=1S/C13H19N3O2/c1-3-8-15-12(17)9-16(2)13(18)10-4-6-11(14)7-5-10/h4-7H,3,8-9,14H2,1-2H3,(H,15,17). The van der Waals surface area contributed by atoms with Crippen LogP contribution in [0.25, 0.3) is 0 Å². The molecular formula is C13H19N3O2. The number of hydrogen-bond acceptors (Lipinski definition) is 3. The van der Waals surface area contributed by atoms with Crippen LogP contribution >= 0.6 is 0 Å². The van der Waals surface area contributed by atoms with Gasteiger partial charge in [0.15, 0.2) is 0 Å². The van der Waals surface area contributed by atoms with Crippen LogP contribution in [0.15, 0.2) is 24.3 Å². The van der Waals surface area contributed by atoms with Gasteiger partial charge < -0.3 is 16.0 Å². The van der Waals surface area contributed by atoms with Crippen molar-refractivity contribution in [1.82, 2.24) is 10.2 Å². The second kappa shape index (κ2) is 6.64. The maximum Gasteiger partial charge on any atom is 0.254 e. The molecule has 0 saturated heterocycles. The zero-order chi connectivity index (χ0) is 13.5. The monoisotopic (exact) mass is 249 g/mol. The third-order valence-electron chi connectivity index (χ3n) is 2.46. The van der Waals surface area contributed by atoms with Crippen molar-refractivity contribution in [2.75, 3.05) is 25.9 Å². The summed E-state index contributed by atoms with van der Waals surface area (Å²) >= 11 is 0. The molecule has 1 aromatic rings. The Morgan fingerprint density at radius 1 is 1.28 bits per heavy atom. The van der Waals surface area contributed by atoms with Gasteiger partial charge in [-0.1, -0.05) is 6.92 Å². The smallest absolute Gasteiger partial charge is 0.254 e. The van der Waals surface area contributed by atoms with Crippen molar-refractivity contribution in [2.45, 2.75) is 13.3 Å². The van der Waals surface area contributed by atoms with E-state index in [0.29, 0.717) is 17.8 Å². The summed E-state index contributed by atoms with van der Waals surface area (Å²) < 4.78 is 0. The third-order valence-corrected chi connectivity index (χ3v) is 2.46. The SMILES string of the molecule is CCCNC(=O)CN(C)C(=O)c1ccc(N)cc1. The van der Waals surface area contributed by atoms with E-state index >= 15 is 0 Å². The van der Waals surface area contributed by atoms with Crippen LogP contribution in [0.3, 0.4) is 0 Å². The summed E-state index contributed by atoms with van der Waals surface area (Å²) in [5.41, 5.74) is 6.68. The van der Waals surface area contributed by atoms with Gasteiger partial charge >= 0.3 is 0 Å². The van der Waals surface area contributed by atoms with Gasteiger partial charge in [-0.15, -0.1) is 0 Å². The molecule has 0 bridgehead atoms. The maximum absolute atomic E-state index is 12.0. The molecule has 1 rings (SSSR count). The number of nitrogens with one attached hydrogen (secondary N) is 1. The molecule has 0 atom stereocenters. The second-order valence-corrected chi connectivity index (χ2v) is 4.13. The third kappa shape index (κ3) is 4.08. The van der Waals surface area contributed by atoms with E-state index < -0.39 is 0 Å². The van der Waals surface area contributed by atoms with Crippen molar-refractivity contribution < 1.29 is 9.59 Å². The molecule has 3 N–H and O–H groups in total. The highest BCUT2D eigenvalue weighted by Gasteiger charge is 2.14. The fourth-order valence-electron chi connectivity index (χ4n) is 1.45. The van der Waals surface area contributed by atoms with Gasteiger partial charge in [-0.2, -0.15) is 0 Å². The van der Waals surface area contributed by atoms with Crippen molar-refractivity contribution in [3.05, 3.63) is 29.8 Å². The van der Waals surface area contributed by atoms with E-state index in [1.54, 1.807) is 31.3 Å². The average molecular weight is 249 g/mol. The molecule has 0 unspecified atom stereocenters. The Bertz CT molecular complexity index is 415. The molecule has 0 heterocycles. The molecule has 2 amide bonds. The van der Waals surface area contributed by atoms with Gasteiger partial charge in [0.1, 0.15) is 0 Å². The highest BCUT2D eigenvalue weighted by atomic mass is 16.2. The van der Waals surface area contributed by atoms with Crippen LogP contribution in [0.2, 0.25) is 0 Å². The lowest BCUT2D eigenvalue weighted by Gasteiger charge is -2.16. The van der Waals surface area contributed by atoms with Crippen molar-refractivity contribution in [3.8, 4) is 0 Å². The number of amides is 2. The predicted octanol–water partition coefficient (Wildman–Crippen LogP) is 0.867. The van der Waals surface area contributed by atoms with E-state index in [1.807, 2.05) is 6.92 Å². The first-order valence-corrected chi connectivity index (χ1v) is 5.92. The summed E-state index contributed by atoms with van der Waals surface area (Å²) in [6, 6.07) is 6.63. The molecular weight excluding hydrogens is 230 g/mol. The van der Waals surface area contributed by atoms with E-state index in [-0.39, 0.29) is 18.4 Å². The summed E-state index contributed by atoms with van der Waals surface area (Å²) in [4.78, 5) is 24.8. The highest BCUT2D eigenvalue weighted by molar-refractivity contribution is 5.96. The molecule has 98 valence electrons. The minimum atomic E-state index is -0.193. The Labute approximate surface area is 107 Å². The van der Waals surface area contributed by atoms with Crippen LogP contribution in [-0.4, -0.2) is 36.9 Å². The summed E-state index contributed by atoms with van der Waals surface area (Å²) in [7, 11) is 1.60. The summed E-state index contributed by atoms with van der Waals surface area (Å²) in [5, 5.41) is 2.73. The topological polar surface area (TPSA) is 75.4 Å². The minimum absolute atomic E-state index is 0.0587. The number of likely N-dealkylation sites (N-methyl/N-ethyl adjacent to an activating group) is 1. The van der Waals surface area contributed by atoms with Gasteiger partial charge in [-0.05, 0) is 30.7 Å². The lowest BCUT2D eigenvalue weighted by Crippen LogP contribution is -2.38. The van der Waals surface area contributed by atoms with E-state index in [0.717, 1.165) is 6.42 Å². The van der Waals surface area contributed by atoms with Gasteiger partial charge in [0.25, 0.3) is 5.91 Å². The number of rotatable bonds is 5. The molecule has 0 saturated carbocycles. The van der Waals surface area contributed by atoms with Gasteiger partial charge in [0.05, 0.1) is 6.54 Å². The lowest BCUT2D eigenvalue weighted by atomic mass is 10.2. The Balaban J connectivity index is 2.56. The van der Waals surface area contributed by atoms with Crippen molar-refractivity contribution in [1.29, 1.82) is 0 Å². The van der Waals surface area contributed by atoms with E-state index in [1.165, 1.54) is 4.90 Å². The predicted molar refractivity (Wildman–Crippen MR) is 71.1 cm³/mol. The molecule has 5 nitrogen and oxygen atoms in total. The fraction of sp³-hybridized carbons (Fsp3) is 0.385. The number of nitrogen functional groups attached to an aromatic ring is 1. The van der Waals surface area contributed by atoms with Crippen LogP contribution in [-0.2, 0) is 4.79 Å². The maximum atomic E-state index is 12.0. The number of hydrogen-bond donors (Lipinski definition) is 2. The number of anilines is 1. The lowest BCUT2D eigenvalue weighted by molar-refractivity contribution is -0.121. The van der Waals surface area contributed by atoms with Crippen molar-refractivity contribution in [2.24, 2.45) is 0 Å².